The molecule has 0 amide bonds. The Kier molecular flexibility index (Phi) is 5.71. The van der Waals surface area contributed by atoms with Gasteiger partial charge in [0.1, 0.15) is 0 Å². The number of β-amino-alcohol motifs (C(OH)–C–C–N with tert-alkyl or cyclic N) is 1. The molecule has 4 heteroatoms. The van der Waals surface area contributed by atoms with E-state index >= 15 is 0 Å². The summed E-state index contributed by atoms with van der Waals surface area (Å²) in [4.78, 5) is 4.90. The van der Waals surface area contributed by atoms with Gasteiger partial charge in [-0.3, -0.25) is 9.80 Å². The first-order valence-electron chi connectivity index (χ1n) is 7.05. The number of aliphatic hydroxyl groups is 1. The second-order valence-electron chi connectivity index (χ2n) is 5.21. The van der Waals surface area contributed by atoms with Gasteiger partial charge in [-0.05, 0) is 38.8 Å². The molecule has 0 aromatic carbocycles. The van der Waals surface area contributed by atoms with E-state index in [0.717, 1.165) is 39.3 Å². The molecule has 17 heavy (non-hydrogen) atoms. The fourth-order valence-corrected chi connectivity index (χ4v) is 2.81. The van der Waals surface area contributed by atoms with Crippen molar-refractivity contribution in [3.05, 3.63) is 0 Å². The lowest BCUT2D eigenvalue weighted by Gasteiger charge is -2.29. The monoisotopic (exact) mass is 242 g/mol. The summed E-state index contributed by atoms with van der Waals surface area (Å²) < 4.78 is 5.80. The van der Waals surface area contributed by atoms with E-state index in [1.807, 2.05) is 0 Å². The molecule has 0 radical (unpaired) electrons. The molecule has 2 saturated heterocycles. The van der Waals surface area contributed by atoms with Crippen LogP contribution in [0.15, 0.2) is 0 Å². The van der Waals surface area contributed by atoms with Gasteiger partial charge in [0.2, 0.25) is 0 Å². The number of hydrogen-bond acceptors (Lipinski definition) is 4. The third kappa shape index (κ3) is 4.54. The van der Waals surface area contributed by atoms with E-state index in [9.17, 15) is 0 Å². The molecule has 1 unspecified atom stereocenters. The van der Waals surface area contributed by atoms with Gasteiger partial charge in [-0.15, -0.1) is 0 Å². The maximum Gasteiger partial charge on any atom is 0.0702 e. The molecule has 0 saturated carbocycles. The summed E-state index contributed by atoms with van der Waals surface area (Å²) in [6.45, 7) is 7.69. The van der Waals surface area contributed by atoms with Crippen molar-refractivity contribution in [2.75, 3.05) is 52.5 Å². The second-order valence-corrected chi connectivity index (χ2v) is 5.21. The molecule has 0 spiro atoms. The van der Waals surface area contributed by atoms with Crippen molar-refractivity contribution in [2.24, 2.45) is 0 Å². The SMILES string of the molecule is OCCN1CCCN(CC2CCCCO2)CC1. The van der Waals surface area contributed by atoms with Crippen LogP contribution >= 0.6 is 0 Å². The molecule has 2 aliphatic rings. The molecule has 1 N–H and O–H groups in total. The first-order chi connectivity index (χ1) is 8.38. The maximum atomic E-state index is 8.96. The second kappa shape index (κ2) is 7.31. The standard InChI is InChI=1S/C13H26N2O2/c16-10-9-14-5-3-6-15(8-7-14)12-13-4-1-2-11-17-13/h13,16H,1-12H2. The van der Waals surface area contributed by atoms with Crippen LogP contribution in [-0.2, 0) is 4.74 Å². The normalized spacial score (nSPS) is 29.1. The van der Waals surface area contributed by atoms with Gasteiger partial charge >= 0.3 is 0 Å². The average Bonchev–Trinajstić information content (AvgIpc) is 2.57. The lowest BCUT2D eigenvalue weighted by atomic mass is 10.1. The van der Waals surface area contributed by atoms with E-state index < -0.39 is 0 Å². The van der Waals surface area contributed by atoms with Crippen molar-refractivity contribution in [3.8, 4) is 0 Å². The summed E-state index contributed by atoms with van der Waals surface area (Å²) in [5.41, 5.74) is 0. The largest absolute Gasteiger partial charge is 0.395 e. The van der Waals surface area contributed by atoms with Crippen LogP contribution in [0.3, 0.4) is 0 Å². The van der Waals surface area contributed by atoms with Gasteiger partial charge in [0.05, 0.1) is 12.7 Å². The average molecular weight is 242 g/mol. The molecule has 4 nitrogen and oxygen atoms in total. The first kappa shape index (κ1) is 13.3. The van der Waals surface area contributed by atoms with E-state index in [1.165, 1.54) is 32.2 Å². The summed E-state index contributed by atoms with van der Waals surface area (Å²) >= 11 is 0. The summed E-state index contributed by atoms with van der Waals surface area (Å²) in [6.07, 6.45) is 5.48. The number of hydrogen-bond donors (Lipinski definition) is 1. The zero-order chi connectivity index (χ0) is 11.9. The highest BCUT2D eigenvalue weighted by Crippen LogP contribution is 2.14. The Hall–Kier alpha value is -0.160. The number of rotatable bonds is 4. The fraction of sp³-hybridized carbons (Fsp3) is 1.00. The highest BCUT2D eigenvalue weighted by Gasteiger charge is 2.20. The molecule has 0 aliphatic carbocycles. The Balaban J connectivity index is 1.70. The molecule has 1 atom stereocenters. The van der Waals surface area contributed by atoms with Gasteiger partial charge in [0, 0.05) is 32.8 Å². The van der Waals surface area contributed by atoms with Crippen LogP contribution in [0.25, 0.3) is 0 Å². The predicted octanol–water partition coefficient (Wildman–Crippen LogP) is 0.556. The maximum absolute atomic E-state index is 8.96. The molecule has 0 aromatic rings. The van der Waals surface area contributed by atoms with Crippen LogP contribution in [-0.4, -0.2) is 73.5 Å². The van der Waals surface area contributed by atoms with E-state index in [1.54, 1.807) is 0 Å². The van der Waals surface area contributed by atoms with Crippen LogP contribution in [0.4, 0.5) is 0 Å². The number of nitrogens with zero attached hydrogens (tertiary/aromatic N) is 2. The smallest absolute Gasteiger partial charge is 0.0702 e. The van der Waals surface area contributed by atoms with Crippen LogP contribution in [0, 0.1) is 0 Å². The fourth-order valence-electron chi connectivity index (χ4n) is 2.81. The van der Waals surface area contributed by atoms with Crippen molar-refractivity contribution >= 4 is 0 Å². The van der Waals surface area contributed by atoms with Crippen LogP contribution < -0.4 is 0 Å². The molecular weight excluding hydrogens is 216 g/mol. The van der Waals surface area contributed by atoms with Crippen molar-refractivity contribution in [2.45, 2.75) is 31.8 Å². The van der Waals surface area contributed by atoms with Crippen molar-refractivity contribution in [1.82, 2.24) is 9.80 Å². The third-order valence-corrected chi connectivity index (χ3v) is 3.83. The predicted molar refractivity (Wildman–Crippen MR) is 68.2 cm³/mol. The lowest BCUT2D eigenvalue weighted by molar-refractivity contribution is -0.00502. The number of aliphatic hydroxyl groups excluding tert-OH is 1. The topological polar surface area (TPSA) is 35.9 Å². The van der Waals surface area contributed by atoms with Gasteiger partial charge in [-0.25, -0.2) is 0 Å². The summed E-state index contributed by atoms with van der Waals surface area (Å²) in [5.74, 6) is 0. The Bertz CT molecular complexity index is 208. The van der Waals surface area contributed by atoms with Crippen LogP contribution in [0.2, 0.25) is 0 Å². The zero-order valence-corrected chi connectivity index (χ0v) is 10.8. The third-order valence-electron chi connectivity index (χ3n) is 3.83. The Morgan fingerprint density at radius 3 is 2.59 bits per heavy atom. The quantitative estimate of drug-likeness (QED) is 0.781. The highest BCUT2D eigenvalue weighted by molar-refractivity contribution is 4.74. The van der Waals surface area contributed by atoms with Crippen molar-refractivity contribution in [1.29, 1.82) is 0 Å². The van der Waals surface area contributed by atoms with Gasteiger partial charge in [-0.2, -0.15) is 0 Å². The van der Waals surface area contributed by atoms with Gasteiger partial charge in [0.15, 0.2) is 0 Å². The molecule has 100 valence electrons. The Labute approximate surface area is 105 Å². The van der Waals surface area contributed by atoms with E-state index in [2.05, 4.69) is 9.80 Å². The summed E-state index contributed by atoms with van der Waals surface area (Å²) in [5, 5.41) is 8.96. The minimum atomic E-state index is 0.283. The molecule has 2 heterocycles. The minimum Gasteiger partial charge on any atom is -0.395 e. The molecule has 2 rings (SSSR count). The van der Waals surface area contributed by atoms with Gasteiger partial charge in [-0.1, -0.05) is 0 Å². The first-order valence-corrected chi connectivity index (χ1v) is 7.05. The molecule has 0 bridgehead atoms. The summed E-state index contributed by atoms with van der Waals surface area (Å²) in [7, 11) is 0. The Morgan fingerprint density at radius 2 is 1.82 bits per heavy atom. The van der Waals surface area contributed by atoms with Gasteiger partial charge in [0.25, 0.3) is 0 Å². The molecule has 0 aromatic heterocycles. The molecule has 2 aliphatic heterocycles. The highest BCUT2D eigenvalue weighted by atomic mass is 16.5. The van der Waals surface area contributed by atoms with Crippen molar-refractivity contribution < 1.29 is 9.84 Å². The van der Waals surface area contributed by atoms with E-state index in [0.29, 0.717) is 6.10 Å². The minimum absolute atomic E-state index is 0.283. The van der Waals surface area contributed by atoms with Crippen LogP contribution in [0.1, 0.15) is 25.7 Å². The Morgan fingerprint density at radius 1 is 1.00 bits per heavy atom. The van der Waals surface area contributed by atoms with Crippen molar-refractivity contribution in [3.63, 3.8) is 0 Å². The lowest BCUT2D eigenvalue weighted by Crippen LogP contribution is -2.38. The molecular formula is C13H26N2O2. The van der Waals surface area contributed by atoms with Crippen LogP contribution in [0.5, 0.6) is 0 Å². The van der Waals surface area contributed by atoms with E-state index in [4.69, 9.17) is 9.84 Å². The van der Waals surface area contributed by atoms with Gasteiger partial charge < -0.3 is 9.84 Å². The zero-order valence-electron chi connectivity index (χ0n) is 10.8. The van der Waals surface area contributed by atoms with E-state index in [-0.39, 0.29) is 6.61 Å². The summed E-state index contributed by atoms with van der Waals surface area (Å²) in [6, 6.07) is 0. The number of ether oxygens (including phenoxy) is 1. The molecule has 2 fully saturated rings.